The van der Waals surface area contributed by atoms with Crippen LogP contribution in [0, 0.1) is 0 Å². The molecule has 178 valence electrons. The van der Waals surface area contributed by atoms with E-state index in [0.29, 0.717) is 0 Å². The van der Waals surface area contributed by atoms with Crippen LogP contribution in [0.15, 0.2) is 46.0 Å². The lowest BCUT2D eigenvalue weighted by Gasteiger charge is -2.37. The quantitative estimate of drug-likeness (QED) is 0.304. The lowest BCUT2D eigenvalue weighted by Crippen LogP contribution is -2.53. The maximum Gasteiger partial charge on any atom is 0.193 e. The van der Waals surface area contributed by atoms with Gasteiger partial charge in [0, 0.05) is 51.9 Å². The van der Waals surface area contributed by atoms with E-state index in [2.05, 4.69) is 45.2 Å². The minimum Gasteiger partial charge on any atom is -0.497 e. The molecule has 0 radical (unpaired) electrons. The zero-order chi connectivity index (χ0) is 22.2. The molecule has 1 aliphatic rings. The summed E-state index contributed by atoms with van der Waals surface area (Å²) in [6.45, 7) is 5.31. The molecule has 0 saturated carbocycles. The first kappa shape index (κ1) is 26.3. The topological polar surface area (TPSA) is 65.7 Å². The number of likely N-dealkylation sites (N-methyl/N-ethyl adjacent to an activating group) is 1. The summed E-state index contributed by atoms with van der Waals surface area (Å²) in [5, 5.41) is 3.53. The molecule has 32 heavy (non-hydrogen) atoms. The molecule has 0 spiro atoms. The Morgan fingerprint density at radius 3 is 2.47 bits per heavy atom. The fraction of sp³-hybridized carbons (Fsp3) is 0.522. The highest BCUT2D eigenvalue weighted by Gasteiger charge is 2.23. The zero-order valence-corrected chi connectivity index (χ0v) is 22.0. The van der Waals surface area contributed by atoms with E-state index in [0.717, 1.165) is 68.1 Å². The number of benzene rings is 1. The highest BCUT2D eigenvalue weighted by atomic mass is 127. The number of halogens is 1. The van der Waals surface area contributed by atoms with Crippen LogP contribution >= 0.6 is 24.0 Å². The van der Waals surface area contributed by atoms with Gasteiger partial charge in [0.15, 0.2) is 5.96 Å². The lowest BCUT2D eigenvalue weighted by molar-refractivity contribution is 0.169. The van der Waals surface area contributed by atoms with E-state index in [4.69, 9.17) is 13.9 Å². The molecule has 1 aromatic carbocycles. The van der Waals surface area contributed by atoms with Crippen LogP contribution < -0.4 is 14.8 Å². The number of nitrogens with one attached hydrogen (secondary N) is 1. The van der Waals surface area contributed by atoms with E-state index >= 15 is 0 Å². The number of piperazine rings is 1. The number of methoxy groups -OCH3 is 2. The van der Waals surface area contributed by atoms with Gasteiger partial charge in [0.25, 0.3) is 0 Å². The number of aliphatic imine (C=N–C) groups is 1. The van der Waals surface area contributed by atoms with Gasteiger partial charge in [0.05, 0.1) is 26.5 Å². The van der Waals surface area contributed by atoms with Gasteiger partial charge in [-0.25, -0.2) is 0 Å². The van der Waals surface area contributed by atoms with E-state index in [1.165, 1.54) is 0 Å². The monoisotopic (exact) mass is 557 g/mol. The molecular weight excluding hydrogens is 521 g/mol. The minimum atomic E-state index is 0. The highest BCUT2D eigenvalue weighted by molar-refractivity contribution is 14.0. The van der Waals surface area contributed by atoms with Crippen molar-refractivity contribution in [3.05, 3.63) is 47.9 Å². The Labute approximate surface area is 208 Å². The van der Waals surface area contributed by atoms with Crippen LogP contribution in [0.5, 0.6) is 11.5 Å². The average molecular weight is 557 g/mol. The van der Waals surface area contributed by atoms with Gasteiger partial charge < -0.3 is 24.1 Å². The predicted octanol–water partition coefficient (Wildman–Crippen LogP) is 2.91. The summed E-state index contributed by atoms with van der Waals surface area (Å²) in [5.41, 5.74) is 1.14. The predicted molar refractivity (Wildman–Crippen MR) is 138 cm³/mol. The summed E-state index contributed by atoms with van der Waals surface area (Å²) in [7, 11) is 9.36. The minimum absolute atomic E-state index is 0. The molecule has 0 amide bonds. The number of nitrogens with zero attached hydrogens (tertiary/aromatic N) is 4. The molecule has 0 aliphatic carbocycles. The van der Waals surface area contributed by atoms with Crippen molar-refractivity contribution in [2.45, 2.75) is 12.6 Å². The molecule has 0 bridgehead atoms. The summed E-state index contributed by atoms with van der Waals surface area (Å²) in [6.07, 6.45) is 1.72. The van der Waals surface area contributed by atoms with Gasteiger partial charge >= 0.3 is 0 Å². The molecular formula is C23H36IN5O3. The van der Waals surface area contributed by atoms with Crippen LogP contribution in [0.25, 0.3) is 0 Å². The Bertz CT molecular complexity index is 836. The Hall–Kier alpha value is -1.98. The third-order valence-corrected chi connectivity index (χ3v) is 5.71. The van der Waals surface area contributed by atoms with Gasteiger partial charge in [-0.15, -0.1) is 24.0 Å². The first-order valence-electron chi connectivity index (χ1n) is 10.6. The molecule has 2 heterocycles. The van der Waals surface area contributed by atoms with E-state index in [1.807, 2.05) is 31.3 Å². The molecule has 1 atom stereocenters. The Morgan fingerprint density at radius 2 is 1.91 bits per heavy atom. The number of ether oxygens (including phenoxy) is 2. The van der Waals surface area contributed by atoms with E-state index < -0.39 is 0 Å². The second-order valence-corrected chi connectivity index (χ2v) is 7.86. The molecule has 9 heteroatoms. The fourth-order valence-electron chi connectivity index (χ4n) is 3.90. The summed E-state index contributed by atoms with van der Waals surface area (Å²) < 4.78 is 16.5. The van der Waals surface area contributed by atoms with Crippen molar-refractivity contribution in [2.75, 3.05) is 68.1 Å². The Morgan fingerprint density at radius 1 is 1.16 bits per heavy atom. The first-order valence-corrected chi connectivity index (χ1v) is 10.6. The number of guanidine groups is 1. The number of rotatable bonds is 8. The van der Waals surface area contributed by atoms with Gasteiger partial charge in [0.1, 0.15) is 17.3 Å². The van der Waals surface area contributed by atoms with Crippen molar-refractivity contribution in [1.29, 1.82) is 0 Å². The van der Waals surface area contributed by atoms with Crippen molar-refractivity contribution < 1.29 is 13.9 Å². The van der Waals surface area contributed by atoms with Gasteiger partial charge in [-0.2, -0.15) is 0 Å². The zero-order valence-electron chi connectivity index (χ0n) is 19.7. The summed E-state index contributed by atoms with van der Waals surface area (Å²) >= 11 is 0. The molecule has 2 aromatic rings. The maximum atomic E-state index is 5.61. The summed E-state index contributed by atoms with van der Waals surface area (Å²) in [5.74, 6) is 3.63. The van der Waals surface area contributed by atoms with E-state index in [1.54, 1.807) is 20.5 Å². The molecule has 3 rings (SSSR count). The SMILES string of the molecule is CN=C(NCC(c1ccco1)N(C)C)N1CCN(Cc2cc(OC)ccc2OC)CC1.I. The second kappa shape index (κ2) is 12.9. The normalized spacial score (nSPS) is 15.9. The second-order valence-electron chi connectivity index (χ2n) is 7.86. The van der Waals surface area contributed by atoms with Crippen LogP contribution in [-0.4, -0.2) is 88.7 Å². The van der Waals surface area contributed by atoms with Crippen molar-refractivity contribution in [1.82, 2.24) is 20.0 Å². The summed E-state index contributed by atoms with van der Waals surface area (Å²) in [6, 6.07) is 10.0. The molecule has 1 aromatic heterocycles. The number of hydrogen-bond acceptors (Lipinski definition) is 6. The van der Waals surface area contributed by atoms with Crippen LogP contribution in [0.4, 0.5) is 0 Å². The third kappa shape index (κ3) is 6.76. The molecule has 8 nitrogen and oxygen atoms in total. The van der Waals surface area contributed by atoms with Crippen molar-refractivity contribution in [3.8, 4) is 11.5 Å². The van der Waals surface area contributed by atoms with E-state index in [-0.39, 0.29) is 30.0 Å². The number of furan rings is 1. The van der Waals surface area contributed by atoms with Crippen LogP contribution in [-0.2, 0) is 6.54 Å². The fourth-order valence-corrected chi connectivity index (χ4v) is 3.90. The smallest absolute Gasteiger partial charge is 0.193 e. The highest BCUT2D eigenvalue weighted by Crippen LogP contribution is 2.25. The molecule has 1 N–H and O–H groups in total. The first-order chi connectivity index (χ1) is 15.0. The standard InChI is InChI=1S/C23H35N5O3.HI/c1-24-23(25-16-20(26(2)3)22-7-6-14-31-22)28-12-10-27(11-13-28)17-18-15-19(29-4)8-9-21(18)30-5;/h6-9,14-15,20H,10-13,16-17H2,1-5H3,(H,24,25);1H. The van der Waals surface area contributed by atoms with Gasteiger partial charge in [0.2, 0.25) is 0 Å². The maximum absolute atomic E-state index is 5.61. The van der Waals surface area contributed by atoms with Gasteiger partial charge in [-0.3, -0.25) is 14.8 Å². The molecule has 1 fully saturated rings. The van der Waals surface area contributed by atoms with Crippen molar-refractivity contribution >= 4 is 29.9 Å². The summed E-state index contributed by atoms with van der Waals surface area (Å²) in [4.78, 5) is 11.4. The Kier molecular flexibility index (Phi) is 10.6. The van der Waals surface area contributed by atoms with E-state index in [9.17, 15) is 0 Å². The van der Waals surface area contributed by atoms with Gasteiger partial charge in [-0.05, 0) is 44.4 Å². The van der Waals surface area contributed by atoms with Crippen LogP contribution in [0.3, 0.4) is 0 Å². The lowest BCUT2D eigenvalue weighted by atomic mass is 10.1. The van der Waals surface area contributed by atoms with Crippen molar-refractivity contribution in [3.63, 3.8) is 0 Å². The van der Waals surface area contributed by atoms with Gasteiger partial charge in [-0.1, -0.05) is 0 Å². The van der Waals surface area contributed by atoms with Crippen LogP contribution in [0.2, 0.25) is 0 Å². The average Bonchev–Trinajstić information content (AvgIpc) is 3.31. The third-order valence-electron chi connectivity index (χ3n) is 5.71. The Balaban J connectivity index is 0.00000363. The van der Waals surface area contributed by atoms with Crippen molar-refractivity contribution in [2.24, 2.45) is 4.99 Å². The largest absolute Gasteiger partial charge is 0.497 e. The molecule has 1 saturated heterocycles. The van der Waals surface area contributed by atoms with Crippen LogP contribution in [0.1, 0.15) is 17.4 Å². The number of hydrogen-bond donors (Lipinski definition) is 1. The molecule has 1 aliphatic heterocycles. The molecule has 1 unspecified atom stereocenters.